The largest absolute Gasteiger partial charge is 0.489 e. The zero-order chi connectivity index (χ0) is 27.1. The minimum absolute atomic E-state index is 0.114. The van der Waals surface area contributed by atoms with Crippen molar-refractivity contribution in [3.8, 4) is 17.6 Å². The van der Waals surface area contributed by atoms with Crippen LogP contribution in [0.15, 0.2) is 97.1 Å². The van der Waals surface area contributed by atoms with Crippen molar-refractivity contribution in [3.05, 3.63) is 130 Å². The van der Waals surface area contributed by atoms with Crippen LogP contribution in [0, 0.1) is 11.3 Å². The molecule has 1 heterocycles. The quantitative estimate of drug-likeness (QED) is 0.226. The second-order valence-electron chi connectivity index (χ2n) is 10.7. The van der Waals surface area contributed by atoms with Crippen LogP contribution < -0.4 is 9.47 Å². The predicted molar refractivity (Wildman–Crippen MR) is 154 cm³/mol. The Balaban J connectivity index is 1.21. The number of benzene rings is 4. The van der Waals surface area contributed by atoms with Gasteiger partial charge in [-0.15, -0.1) is 0 Å². The van der Waals surface area contributed by atoms with Gasteiger partial charge in [-0.2, -0.15) is 5.26 Å². The van der Waals surface area contributed by atoms with E-state index in [4.69, 9.17) is 19.5 Å². The van der Waals surface area contributed by atoms with Gasteiger partial charge in [0.15, 0.2) is 0 Å². The van der Waals surface area contributed by atoms with E-state index in [1.165, 1.54) is 16.7 Å². The summed E-state index contributed by atoms with van der Waals surface area (Å²) in [5, 5.41) is 8.94. The number of hydrogen-bond donors (Lipinski definition) is 0. The Morgan fingerprint density at radius 2 is 1.36 bits per heavy atom. The molecule has 1 aliphatic rings. The smallest absolute Gasteiger partial charge is 0.119 e. The highest BCUT2D eigenvalue weighted by Gasteiger charge is 2.29. The Labute approximate surface area is 231 Å². The molecule has 4 aromatic carbocycles. The fourth-order valence-electron chi connectivity index (χ4n) is 5.32. The number of ether oxygens (including phenoxy) is 3. The van der Waals surface area contributed by atoms with Crippen LogP contribution in [0.4, 0.5) is 0 Å². The van der Waals surface area contributed by atoms with Crippen LogP contribution in [0.1, 0.15) is 66.0 Å². The maximum Gasteiger partial charge on any atom is 0.119 e. The Morgan fingerprint density at radius 1 is 0.769 bits per heavy atom. The molecular formula is C35H35NO3. The Morgan fingerprint density at radius 3 is 1.97 bits per heavy atom. The number of nitriles is 1. The van der Waals surface area contributed by atoms with Crippen LogP contribution in [-0.2, 0) is 23.4 Å². The van der Waals surface area contributed by atoms with Crippen molar-refractivity contribution in [2.24, 2.45) is 0 Å². The first kappa shape index (κ1) is 26.5. The topological polar surface area (TPSA) is 51.5 Å². The molecular weight excluding hydrogens is 482 g/mol. The van der Waals surface area contributed by atoms with Crippen LogP contribution in [-0.4, -0.2) is 13.2 Å². The van der Waals surface area contributed by atoms with Crippen molar-refractivity contribution in [2.45, 2.75) is 51.2 Å². The molecule has 1 saturated heterocycles. The molecule has 0 amide bonds. The lowest BCUT2D eigenvalue weighted by atomic mass is 9.73. The highest BCUT2D eigenvalue weighted by molar-refractivity contribution is 5.45. The second kappa shape index (κ2) is 12.2. The van der Waals surface area contributed by atoms with Gasteiger partial charge in [0.05, 0.1) is 11.6 Å². The first-order valence-corrected chi connectivity index (χ1v) is 13.6. The molecule has 0 spiro atoms. The van der Waals surface area contributed by atoms with E-state index in [-0.39, 0.29) is 5.41 Å². The molecule has 0 radical (unpaired) electrons. The van der Waals surface area contributed by atoms with E-state index in [2.05, 4.69) is 80.6 Å². The summed E-state index contributed by atoms with van der Waals surface area (Å²) in [7, 11) is 0. The standard InChI is InChI=1S/C35H35NO3/c1-35(2,34-9-4-3-8-33(34)29-18-20-37-21-19-29)30-12-16-32(17-13-30)39-25-28-7-5-6-27(22-28)24-38-31-14-10-26(23-36)11-15-31/h3-17,22,29H,18-21,24-25H2,1-2H3. The van der Waals surface area contributed by atoms with Crippen molar-refractivity contribution in [1.29, 1.82) is 5.26 Å². The van der Waals surface area contributed by atoms with Gasteiger partial charge in [-0.3, -0.25) is 0 Å². The van der Waals surface area contributed by atoms with E-state index in [0.29, 0.717) is 24.7 Å². The monoisotopic (exact) mass is 517 g/mol. The van der Waals surface area contributed by atoms with E-state index in [1.807, 2.05) is 24.3 Å². The molecule has 0 saturated carbocycles. The van der Waals surface area contributed by atoms with Gasteiger partial charge in [-0.25, -0.2) is 0 Å². The van der Waals surface area contributed by atoms with Crippen LogP contribution in [0.25, 0.3) is 0 Å². The molecule has 0 bridgehead atoms. The molecule has 198 valence electrons. The maximum atomic E-state index is 8.94. The van der Waals surface area contributed by atoms with Crippen molar-refractivity contribution in [3.63, 3.8) is 0 Å². The lowest BCUT2D eigenvalue weighted by Crippen LogP contribution is -2.24. The van der Waals surface area contributed by atoms with Gasteiger partial charge in [0.2, 0.25) is 0 Å². The van der Waals surface area contributed by atoms with Gasteiger partial charge in [0, 0.05) is 18.6 Å². The third kappa shape index (κ3) is 6.50. The molecule has 4 heteroatoms. The van der Waals surface area contributed by atoms with Gasteiger partial charge >= 0.3 is 0 Å². The fraction of sp³-hybridized carbons (Fsp3) is 0.286. The third-order valence-electron chi connectivity index (χ3n) is 7.66. The van der Waals surface area contributed by atoms with Crippen molar-refractivity contribution in [1.82, 2.24) is 0 Å². The summed E-state index contributed by atoms with van der Waals surface area (Å²) in [6.45, 7) is 7.26. The van der Waals surface area contributed by atoms with Gasteiger partial charge in [-0.05, 0) is 89.0 Å². The number of nitrogens with zero attached hydrogens (tertiary/aromatic N) is 1. The lowest BCUT2D eigenvalue weighted by molar-refractivity contribution is 0.0850. The summed E-state index contributed by atoms with van der Waals surface area (Å²) in [6.07, 6.45) is 2.17. The fourth-order valence-corrected chi connectivity index (χ4v) is 5.32. The number of hydrogen-bond acceptors (Lipinski definition) is 4. The van der Waals surface area contributed by atoms with E-state index < -0.39 is 0 Å². The average molecular weight is 518 g/mol. The summed E-state index contributed by atoms with van der Waals surface area (Å²) in [5.74, 6) is 2.16. The van der Waals surface area contributed by atoms with Crippen molar-refractivity contribution >= 4 is 0 Å². The maximum absolute atomic E-state index is 8.94. The summed E-state index contributed by atoms with van der Waals surface area (Å²) < 4.78 is 17.6. The van der Waals surface area contributed by atoms with E-state index >= 15 is 0 Å². The molecule has 39 heavy (non-hydrogen) atoms. The summed E-state index contributed by atoms with van der Waals surface area (Å²) in [4.78, 5) is 0. The van der Waals surface area contributed by atoms with E-state index in [1.54, 1.807) is 12.1 Å². The van der Waals surface area contributed by atoms with Crippen LogP contribution in [0.3, 0.4) is 0 Å². The summed E-state index contributed by atoms with van der Waals surface area (Å²) in [5.41, 5.74) is 6.79. The molecule has 4 nitrogen and oxygen atoms in total. The first-order chi connectivity index (χ1) is 19.0. The summed E-state index contributed by atoms with van der Waals surface area (Å²) in [6, 6.07) is 35.0. The van der Waals surface area contributed by atoms with Gasteiger partial charge in [0.1, 0.15) is 24.7 Å². The third-order valence-corrected chi connectivity index (χ3v) is 7.66. The molecule has 0 unspecified atom stereocenters. The number of rotatable bonds is 9. The molecule has 5 rings (SSSR count). The van der Waals surface area contributed by atoms with Gasteiger partial charge < -0.3 is 14.2 Å². The van der Waals surface area contributed by atoms with Crippen LogP contribution in [0.5, 0.6) is 11.5 Å². The van der Waals surface area contributed by atoms with Gasteiger partial charge in [-0.1, -0.05) is 68.4 Å². The minimum Gasteiger partial charge on any atom is -0.489 e. The van der Waals surface area contributed by atoms with Crippen LogP contribution >= 0.6 is 0 Å². The molecule has 0 aromatic heterocycles. The van der Waals surface area contributed by atoms with Gasteiger partial charge in [0.25, 0.3) is 0 Å². The van der Waals surface area contributed by atoms with Crippen molar-refractivity contribution in [2.75, 3.05) is 13.2 Å². The lowest BCUT2D eigenvalue weighted by Gasteiger charge is -2.32. The molecule has 1 aliphatic heterocycles. The Bertz CT molecular complexity index is 1410. The zero-order valence-corrected chi connectivity index (χ0v) is 22.7. The average Bonchev–Trinajstić information content (AvgIpc) is 3.00. The normalized spacial score (nSPS) is 14.0. The highest BCUT2D eigenvalue weighted by atomic mass is 16.5. The SMILES string of the molecule is CC(C)(c1ccc(OCc2cccc(COc3ccc(C#N)cc3)c2)cc1)c1ccccc1C1CCOCC1. The molecule has 1 fully saturated rings. The Kier molecular flexibility index (Phi) is 8.30. The zero-order valence-electron chi connectivity index (χ0n) is 22.7. The minimum atomic E-state index is -0.114. The summed E-state index contributed by atoms with van der Waals surface area (Å²) >= 11 is 0. The Hall–Kier alpha value is -4.07. The van der Waals surface area contributed by atoms with E-state index in [9.17, 15) is 0 Å². The van der Waals surface area contributed by atoms with Crippen LogP contribution in [0.2, 0.25) is 0 Å². The molecule has 0 N–H and O–H groups in total. The predicted octanol–water partition coefficient (Wildman–Crippen LogP) is 7.94. The van der Waals surface area contributed by atoms with Crippen molar-refractivity contribution < 1.29 is 14.2 Å². The highest BCUT2D eigenvalue weighted by Crippen LogP contribution is 2.39. The van der Waals surface area contributed by atoms with E-state index in [0.717, 1.165) is 48.7 Å². The first-order valence-electron chi connectivity index (χ1n) is 13.6. The molecule has 0 aliphatic carbocycles. The second-order valence-corrected chi connectivity index (χ2v) is 10.7. The molecule has 4 aromatic rings. The molecule has 0 atom stereocenters.